The molecular formula is C16H25N3O3. The lowest BCUT2D eigenvalue weighted by molar-refractivity contribution is -0.384. The number of nitrogens with zero attached hydrogens (tertiary/aromatic N) is 1. The number of amides is 1. The topological polar surface area (TPSA) is 84.3 Å². The van der Waals surface area contributed by atoms with Gasteiger partial charge in [0.15, 0.2) is 0 Å². The Bertz CT molecular complexity index is 517. The molecule has 0 radical (unpaired) electrons. The van der Waals surface area contributed by atoms with Crippen LogP contribution in [0.3, 0.4) is 0 Å². The molecule has 0 spiro atoms. The zero-order chi connectivity index (χ0) is 16.5. The predicted octanol–water partition coefficient (Wildman–Crippen LogP) is 3.73. The van der Waals surface area contributed by atoms with Gasteiger partial charge in [-0.3, -0.25) is 14.9 Å². The summed E-state index contributed by atoms with van der Waals surface area (Å²) in [4.78, 5) is 22.8. The molecule has 6 heteroatoms. The number of carbonyl (C=O) groups excluding carboxylic acids is 1. The molecular weight excluding hydrogens is 282 g/mol. The molecule has 1 amide bonds. The van der Waals surface area contributed by atoms with Gasteiger partial charge in [0.1, 0.15) is 5.69 Å². The zero-order valence-corrected chi connectivity index (χ0v) is 13.5. The van der Waals surface area contributed by atoms with Crippen LogP contribution in [0.4, 0.5) is 11.4 Å². The van der Waals surface area contributed by atoms with Gasteiger partial charge in [-0.15, -0.1) is 0 Å². The molecule has 0 bridgehead atoms. The van der Waals surface area contributed by atoms with Crippen molar-refractivity contribution in [2.45, 2.75) is 52.5 Å². The van der Waals surface area contributed by atoms with E-state index in [0.717, 1.165) is 25.7 Å². The maximum Gasteiger partial charge on any atom is 0.293 e. The number of anilines is 1. The minimum Gasteiger partial charge on any atom is -0.380 e. The maximum atomic E-state index is 12.2. The molecule has 1 rings (SSSR count). The molecule has 6 nitrogen and oxygen atoms in total. The normalized spacial score (nSPS) is 11.8. The highest BCUT2D eigenvalue weighted by Gasteiger charge is 2.18. The first-order chi connectivity index (χ1) is 10.5. The fourth-order valence-corrected chi connectivity index (χ4v) is 2.24. The largest absolute Gasteiger partial charge is 0.380 e. The van der Waals surface area contributed by atoms with Gasteiger partial charge in [0, 0.05) is 24.2 Å². The number of nitro groups is 1. The van der Waals surface area contributed by atoms with E-state index in [1.165, 1.54) is 6.07 Å². The maximum absolute atomic E-state index is 12.2. The van der Waals surface area contributed by atoms with E-state index in [1.54, 1.807) is 12.1 Å². The monoisotopic (exact) mass is 307 g/mol. The fraction of sp³-hybridized carbons (Fsp3) is 0.562. The first kappa shape index (κ1) is 17.9. The molecule has 1 aromatic carbocycles. The van der Waals surface area contributed by atoms with Gasteiger partial charge in [-0.25, -0.2) is 0 Å². The number of rotatable bonds is 9. The Morgan fingerprint density at radius 3 is 2.64 bits per heavy atom. The van der Waals surface area contributed by atoms with Crippen molar-refractivity contribution in [3.8, 4) is 0 Å². The predicted molar refractivity (Wildman–Crippen MR) is 88.3 cm³/mol. The number of benzene rings is 1. The molecule has 0 aliphatic heterocycles. The van der Waals surface area contributed by atoms with Crippen molar-refractivity contribution in [3.05, 3.63) is 33.9 Å². The summed E-state index contributed by atoms with van der Waals surface area (Å²) in [5.74, 6) is -0.268. The molecule has 0 aromatic heterocycles. The highest BCUT2D eigenvalue weighted by Crippen LogP contribution is 2.25. The van der Waals surface area contributed by atoms with E-state index in [4.69, 9.17) is 0 Å². The molecule has 0 saturated carbocycles. The van der Waals surface area contributed by atoms with Crippen LogP contribution in [0.5, 0.6) is 0 Å². The summed E-state index contributed by atoms with van der Waals surface area (Å²) in [7, 11) is 0. The van der Waals surface area contributed by atoms with Crippen LogP contribution in [0.25, 0.3) is 0 Å². The molecule has 1 aromatic rings. The average molecular weight is 307 g/mol. The van der Waals surface area contributed by atoms with Crippen molar-refractivity contribution < 1.29 is 9.72 Å². The van der Waals surface area contributed by atoms with Crippen LogP contribution >= 0.6 is 0 Å². The lowest BCUT2D eigenvalue weighted by Crippen LogP contribution is -2.32. The van der Waals surface area contributed by atoms with Crippen LogP contribution in [0, 0.1) is 10.1 Å². The Labute approximate surface area is 131 Å². The van der Waals surface area contributed by atoms with E-state index in [1.807, 2.05) is 13.8 Å². The number of unbranched alkanes of at least 4 members (excludes halogenated alkanes) is 2. The summed E-state index contributed by atoms with van der Waals surface area (Å²) in [6.45, 7) is 6.53. The second kappa shape index (κ2) is 9.02. The first-order valence-corrected chi connectivity index (χ1v) is 7.82. The molecule has 0 aliphatic carbocycles. The van der Waals surface area contributed by atoms with E-state index < -0.39 is 4.92 Å². The number of hydrogen-bond donors (Lipinski definition) is 2. The average Bonchev–Trinajstić information content (AvgIpc) is 2.47. The third-order valence-electron chi connectivity index (χ3n) is 3.44. The van der Waals surface area contributed by atoms with Crippen LogP contribution in [-0.2, 0) is 0 Å². The van der Waals surface area contributed by atoms with Crippen molar-refractivity contribution in [2.75, 3.05) is 11.9 Å². The van der Waals surface area contributed by atoms with E-state index in [-0.39, 0.29) is 17.6 Å². The molecule has 2 N–H and O–H groups in total. The summed E-state index contributed by atoms with van der Waals surface area (Å²) >= 11 is 0. The number of nitro benzene ring substituents is 1. The molecule has 0 aliphatic rings. The second-order valence-electron chi connectivity index (χ2n) is 5.39. The Hall–Kier alpha value is -2.11. The smallest absolute Gasteiger partial charge is 0.293 e. The molecule has 0 saturated heterocycles. The van der Waals surface area contributed by atoms with Gasteiger partial charge in [-0.2, -0.15) is 0 Å². The highest BCUT2D eigenvalue weighted by molar-refractivity contribution is 5.95. The number of carbonyl (C=O) groups is 1. The first-order valence-electron chi connectivity index (χ1n) is 7.82. The van der Waals surface area contributed by atoms with Gasteiger partial charge < -0.3 is 10.6 Å². The molecule has 1 unspecified atom stereocenters. The van der Waals surface area contributed by atoms with Gasteiger partial charge in [-0.05, 0) is 32.4 Å². The minimum absolute atomic E-state index is 0.0616. The Balaban J connectivity index is 2.77. The van der Waals surface area contributed by atoms with Gasteiger partial charge in [0.05, 0.1) is 4.92 Å². The Kier molecular flexibility index (Phi) is 7.36. The second-order valence-corrected chi connectivity index (χ2v) is 5.39. The molecule has 0 fully saturated rings. The lowest BCUT2D eigenvalue weighted by Gasteiger charge is -2.14. The van der Waals surface area contributed by atoms with E-state index in [9.17, 15) is 14.9 Å². The van der Waals surface area contributed by atoms with E-state index in [2.05, 4.69) is 17.6 Å². The standard InChI is InChI=1S/C16H25N3O3/c1-4-6-7-8-12(3)18-16(20)13-9-10-14(17-5-2)15(11-13)19(21)22/h9-12,17H,4-8H2,1-3H3,(H,18,20). The van der Waals surface area contributed by atoms with Crippen LogP contribution in [0.1, 0.15) is 56.8 Å². The summed E-state index contributed by atoms with van der Waals surface area (Å²) in [5.41, 5.74) is 0.670. The third-order valence-corrected chi connectivity index (χ3v) is 3.44. The van der Waals surface area contributed by atoms with E-state index in [0.29, 0.717) is 17.8 Å². The summed E-state index contributed by atoms with van der Waals surface area (Å²) in [6, 6.07) is 4.58. The molecule has 22 heavy (non-hydrogen) atoms. The van der Waals surface area contributed by atoms with Crippen molar-refractivity contribution in [3.63, 3.8) is 0 Å². The molecule has 122 valence electrons. The Morgan fingerprint density at radius 2 is 2.05 bits per heavy atom. The van der Waals surface area contributed by atoms with Gasteiger partial charge >= 0.3 is 0 Å². The summed E-state index contributed by atoms with van der Waals surface area (Å²) in [6.07, 6.45) is 4.26. The minimum atomic E-state index is -0.473. The van der Waals surface area contributed by atoms with Crippen LogP contribution in [0.2, 0.25) is 0 Å². The lowest BCUT2D eigenvalue weighted by atomic mass is 10.1. The SMILES string of the molecule is CCCCCC(C)NC(=O)c1ccc(NCC)c([N+](=O)[O-])c1. The molecule has 1 atom stereocenters. The van der Waals surface area contributed by atoms with Crippen molar-refractivity contribution in [2.24, 2.45) is 0 Å². The van der Waals surface area contributed by atoms with Crippen molar-refractivity contribution in [1.82, 2.24) is 5.32 Å². The van der Waals surface area contributed by atoms with Crippen LogP contribution in [0.15, 0.2) is 18.2 Å². The quantitative estimate of drug-likeness (QED) is 0.413. The summed E-state index contributed by atoms with van der Waals surface area (Å²) < 4.78 is 0. The van der Waals surface area contributed by atoms with Gasteiger partial charge in [0.25, 0.3) is 11.6 Å². The highest BCUT2D eigenvalue weighted by atomic mass is 16.6. The third kappa shape index (κ3) is 5.35. The fourth-order valence-electron chi connectivity index (χ4n) is 2.24. The molecule has 0 heterocycles. The zero-order valence-electron chi connectivity index (χ0n) is 13.5. The Morgan fingerprint density at radius 1 is 1.32 bits per heavy atom. The van der Waals surface area contributed by atoms with Crippen LogP contribution in [-0.4, -0.2) is 23.4 Å². The number of nitrogens with one attached hydrogen (secondary N) is 2. The van der Waals surface area contributed by atoms with Crippen LogP contribution < -0.4 is 10.6 Å². The van der Waals surface area contributed by atoms with E-state index >= 15 is 0 Å². The van der Waals surface area contributed by atoms with Gasteiger partial charge in [0.2, 0.25) is 0 Å². The summed E-state index contributed by atoms with van der Waals surface area (Å²) in [5, 5.41) is 16.9. The van der Waals surface area contributed by atoms with Gasteiger partial charge in [-0.1, -0.05) is 26.2 Å². The number of hydrogen-bond acceptors (Lipinski definition) is 4. The van der Waals surface area contributed by atoms with Crippen molar-refractivity contribution in [1.29, 1.82) is 0 Å². The van der Waals surface area contributed by atoms with Crippen molar-refractivity contribution >= 4 is 17.3 Å².